The molecule has 2 atom stereocenters. The van der Waals surface area contributed by atoms with Crippen LogP contribution >= 0.6 is 0 Å². The molecule has 1 saturated carbocycles. The van der Waals surface area contributed by atoms with Crippen molar-refractivity contribution < 1.29 is 9.90 Å². The summed E-state index contributed by atoms with van der Waals surface area (Å²) in [5, 5.41) is 21.6. The summed E-state index contributed by atoms with van der Waals surface area (Å²) in [5.41, 5.74) is 2.30. The van der Waals surface area contributed by atoms with Gasteiger partial charge in [0.25, 0.3) is 0 Å². The normalized spacial score (nSPS) is 22.1. The quantitative estimate of drug-likeness (QED) is 0.884. The van der Waals surface area contributed by atoms with Gasteiger partial charge in [0.15, 0.2) is 0 Å². The van der Waals surface area contributed by atoms with Crippen molar-refractivity contribution in [3.05, 3.63) is 22.9 Å². The highest BCUT2D eigenvalue weighted by atomic mass is 16.4. The van der Waals surface area contributed by atoms with Gasteiger partial charge in [0.2, 0.25) is 0 Å². The Kier molecular flexibility index (Phi) is 4.23. The van der Waals surface area contributed by atoms with Crippen LogP contribution in [-0.2, 0) is 4.79 Å². The fourth-order valence-electron chi connectivity index (χ4n) is 2.82. The van der Waals surface area contributed by atoms with Crippen LogP contribution in [0.3, 0.4) is 0 Å². The summed E-state index contributed by atoms with van der Waals surface area (Å²) in [7, 11) is 0. The standard InChI is InChI=1S/C15H19N3O2/c1-9-6-10(2)17-14(13(9)8-16)18-12-5-3-4-11(7-12)15(19)20/h6,11-12H,3-5,7H2,1-2H3,(H,17,18)(H,19,20). The number of aromatic nitrogens is 1. The third-order valence-corrected chi connectivity index (χ3v) is 3.82. The van der Waals surface area contributed by atoms with E-state index in [1.54, 1.807) is 0 Å². The summed E-state index contributed by atoms with van der Waals surface area (Å²) >= 11 is 0. The number of aryl methyl sites for hydroxylation is 2. The number of hydrogen-bond donors (Lipinski definition) is 2. The van der Waals surface area contributed by atoms with Gasteiger partial charge in [-0.2, -0.15) is 5.26 Å². The molecule has 106 valence electrons. The van der Waals surface area contributed by atoms with Gasteiger partial charge in [-0.05, 0) is 44.7 Å². The predicted octanol–water partition coefficient (Wildman–Crippen LogP) is 2.63. The minimum Gasteiger partial charge on any atom is -0.481 e. The third-order valence-electron chi connectivity index (χ3n) is 3.82. The fraction of sp³-hybridized carbons (Fsp3) is 0.533. The summed E-state index contributed by atoms with van der Waals surface area (Å²) < 4.78 is 0. The zero-order valence-electron chi connectivity index (χ0n) is 11.8. The molecule has 0 radical (unpaired) electrons. The number of nitrogens with zero attached hydrogens (tertiary/aromatic N) is 2. The Morgan fingerprint density at radius 2 is 2.25 bits per heavy atom. The molecule has 2 N–H and O–H groups in total. The topological polar surface area (TPSA) is 86.0 Å². The zero-order valence-corrected chi connectivity index (χ0v) is 11.8. The van der Waals surface area contributed by atoms with E-state index < -0.39 is 5.97 Å². The summed E-state index contributed by atoms with van der Waals surface area (Å²) in [6.45, 7) is 3.78. The van der Waals surface area contributed by atoms with Gasteiger partial charge in [0, 0.05) is 11.7 Å². The van der Waals surface area contributed by atoms with E-state index in [2.05, 4.69) is 16.4 Å². The van der Waals surface area contributed by atoms with E-state index in [0.717, 1.165) is 30.5 Å². The highest BCUT2D eigenvalue weighted by Gasteiger charge is 2.27. The van der Waals surface area contributed by atoms with E-state index in [4.69, 9.17) is 5.11 Å². The fourth-order valence-corrected chi connectivity index (χ4v) is 2.82. The van der Waals surface area contributed by atoms with Gasteiger partial charge >= 0.3 is 5.97 Å². The molecule has 1 aliphatic rings. The van der Waals surface area contributed by atoms with Crippen LogP contribution in [0.25, 0.3) is 0 Å². The lowest BCUT2D eigenvalue weighted by atomic mass is 9.85. The average Bonchev–Trinajstić information content (AvgIpc) is 2.38. The molecule has 20 heavy (non-hydrogen) atoms. The maximum absolute atomic E-state index is 11.1. The first kappa shape index (κ1) is 14.3. The number of aliphatic carboxylic acids is 1. The molecule has 0 saturated heterocycles. The summed E-state index contributed by atoms with van der Waals surface area (Å²) in [6, 6.07) is 4.13. The molecule has 0 aliphatic heterocycles. The molecule has 5 heteroatoms. The van der Waals surface area contributed by atoms with Crippen molar-refractivity contribution in [1.29, 1.82) is 5.26 Å². The highest BCUT2D eigenvalue weighted by Crippen LogP contribution is 2.28. The average molecular weight is 273 g/mol. The lowest BCUT2D eigenvalue weighted by Crippen LogP contribution is -2.31. The molecule has 1 aromatic heterocycles. The smallest absolute Gasteiger partial charge is 0.306 e. The van der Waals surface area contributed by atoms with E-state index >= 15 is 0 Å². The lowest BCUT2D eigenvalue weighted by molar-refractivity contribution is -0.142. The molecule has 1 aromatic rings. The molecule has 1 fully saturated rings. The Balaban J connectivity index is 2.18. The summed E-state index contributed by atoms with van der Waals surface area (Å²) in [6.07, 6.45) is 3.14. The maximum Gasteiger partial charge on any atom is 0.306 e. The molecule has 1 heterocycles. The number of hydrogen-bond acceptors (Lipinski definition) is 4. The largest absolute Gasteiger partial charge is 0.481 e. The molecule has 0 spiro atoms. The number of carboxylic acid groups (broad SMARTS) is 1. The van der Waals surface area contributed by atoms with Crippen LogP contribution in [0.4, 0.5) is 5.82 Å². The second kappa shape index (κ2) is 5.91. The molecular formula is C15H19N3O2. The first-order valence-electron chi connectivity index (χ1n) is 6.89. The van der Waals surface area contributed by atoms with Crippen LogP contribution in [0, 0.1) is 31.1 Å². The molecule has 2 unspecified atom stereocenters. The third kappa shape index (κ3) is 3.08. The van der Waals surface area contributed by atoms with Crippen molar-refractivity contribution in [2.24, 2.45) is 5.92 Å². The van der Waals surface area contributed by atoms with Crippen molar-refractivity contribution in [1.82, 2.24) is 4.98 Å². The van der Waals surface area contributed by atoms with Gasteiger partial charge < -0.3 is 10.4 Å². The Hall–Kier alpha value is -2.09. The van der Waals surface area contributed by atoms with Crippen LogP contribution in [0.15, 0.2) is 6.07 Å². The number of pyridine rings is 1. The van der Waals surface area contributed by atoms with Crippen molar-refractivity contribution in [2.75, 3.05) is 5.32 Å². The van der Waals surface area contributed by atoms with E-state index in [9.17, 15) is 10.1 Å². The van der Waals surface area contributed by atoms with Gasteiger partial charge in [-0.15, -0.1) is 0 Å². The Morgan fingerprint density at radius 3 is 2.90 bits per heavy atom. The Bertz CT molecular complexity index is 563. The predicted molar refractivity (Wildman–Crippen MR) is 75.4 cm³/mol. The van der Waals surface area contributed by atoms with Gasteiger partial charge in [0.1, 0.15) is 11.9 Å². The molecule has 0 aromatic carbocycles. The lowest BCUT2D eigenvalue weighted by Gasteiger charge is -2.28. The van der Waals surface area contributed by atoms with Crippen LogP contribution in [0.1, 0.15) is 42.5 Å². The van der Waals surface area contributed by atoms with Crippen LogP contribution in [-0.4, -0.2) is 22.1 Å². The van der Waals surface area contributed by atoms with Gasteiger partial charge in [-0.25, -0.2) is 4.98 Å². The Morgan fingerprint density at radius 1 is 1.50 bits per heavy atom. The summed E-state index contributed by atoms with van der Waals surface area (Å²) in [5.74, 6) is -0.441. The number of carbonyl (C=O) groups is 1. The van der Waals surface area contributed by atoms with Crippen LogP contribution in [0.2, 0.25) is 0 Å². The summed E-state index contributed by atoms with van der Waals surface area (Å²) in [4.78, 5) is 15.5. The number of carboxylic acids is 1. The molecular weight excluding hydrogens is 254 g/mol. The van der Waals surface area contributed by atoms with Crippen LogP contribution < -0.4 is 5.32 Å². The van der Waals surface area contributed by atoms with E-state index in [0.29, 0.717) is 17.8 Å². The zero-order chi connectivity index (χ0) is 14.7. The van der Waals surface area contributed by atoms with Gasteiger partial charge in [-0.1, -0.05) is 6.42 Å². The second-order valence-corrected chi connectivity index (χ2v) is 5.46. The SMILES string of the molecule is Cc1cc(C)c(C#N)c(NC2CCCC(C(=O)O)C2)n1. The number of nitrogens with one attached hydrogen (secondary N) is 1. The first-order chi connectivity index (χ1) is 9.51. The molecule has 1 aliphatic carbocycles. The Labute approximate surface area is 118 Å². The van der Waals surface area contributed by atoms with Gasteiger partial charge in [0.05, 0.1) is 11.5 Å². The van der Waals surface area contributed by atoms with Crippen molar-refractivity contribution in [3.63, 3.8) is 0 Å². The number of anilines is 1. The molecule has 5 nitrogen and oxygen atoms in total. The minimum absolute atomic E-state index is 0.0747. The van der Waals surface area contributed by atoms with E-state index in [-0.39, 0.29) is 12.0 Å². The first-order valence-corrected chi connectivity index (χ1v) is 6.89. The highest BCUT2D eigenvalue weighted by molar-refractivity contribution is 5.70. The number of rotatable bonds is 3. The minimum atomic E-state index is -0.731. The van der Waals surface area contributed by atoms with Crippen molar-refractivity contribution in [2.45, 2.75) is 45.6 Å². The monoisotopic (exact) mass is 273 g/mol. The van der Waals surface area contributed by atoms with E-state index in [1.165, 1.54) is 0 Å². The maximum atomic E-state index is 11.1. The van der Waals surface area contributed by atoms with E-state index in [1.807, 2.05) is 19.9 Å². The number of nitriles is 1. The molecule has 0 amide bonds. The second-order valence-electron chi connectivity index (χ2n) is 5.46. The van der Waals surface area contributed by atoms with Crippen LogP contribution in [0.5, 0.6) is 0 Å². The van der Waals surface area contributed by atoms with Crippen molar-refractivity contribution >= 4 is 11.8 Å². The van der Waals surface area contributed by atoms with Crippen molar-refractivity contribution in [3.8, 4) is 6.07 Å². The van der Waals surface area contributed by atoms with Gasteiger partial charge in [-0.3, -0.25) is 4.79 Å². The molecule has 0 bridgehead atoms. The molecule has 2 rings (SSSR count).